The van der Waals surface area contributed by atoms with Crippen LogP contribution in [0, 0.1) is 5.92 Å². The molecule has 0 radical (unpaired) electrons. The third-order valence-electron chi connectivity index (χ3n) is 4.59. The number of amides is 2. The third-order valence-corrected chi connectivity index (χ3v) is 4.59. The molecule has 1 aromatic rings. The van der Waals surface area contributed by atoms with Crippen molar-refractivity contribution < 1.29 is 14.8 Å². The number of nitrogens with one attached hydrogen (secondary N) is 1. The van der Waals surface area contributed by atoms with E-state index in [2.05, 4.69) is 32.6 Å². The zero-order valence-electron chi connectivity index (χ0n) is 15.5. The first-order valence-corrected chi connectivity index (χ1v) is 8.88. The fourth-order valence-electron chi connectivity index (χ4n) is 3.59. The lowest BCUT2D eigenvalue weighted by molar-refractivity contribution is -0.140. The van der Waals surface area contributed by atoms with Crippen LogP contribution in [0.4, 0.5) is 0 Å². The van der Waals surface area contributed by atoms with Gasteiger partial charge in [0.25, 0.3) is 5.91 Å². The molecule has 25 heavy (non-hydrogen) atoms. The summed E-state index contributed by atoms with van der Waals surface area (Å²) in [5, 5.41) is 8.66. The van der Waals surface area contributed by atoms with Gasteiger partial charge in [-0.1, -0.05) is 26.0 Å². The monoisotopic (exact) mass is 347 g/mol. The summed E-state index contributed by atoms with van der Waals surface area (Å²) in [7, 11) is 0. The molecule has 138 valence electrons. The van der Waals surface area contributed by atoms with Crippen LogP contribution in [0.15, 0.2) is 24.3 Å². The number of carbonyl (C=O) groups excluding carboxylic acids is 2. The smallest absolute Gasteiger partial charge is 0.274 e. The van der Waals surface area contributed by atoms with Crippen LogP contribution in [0.3, 0.4) is 0 Å². The first-order valence-electron chi connectivity index (χ1n) is 8.88. The minimum atomic E-state index is -0.508. The molecule has 6 heteroatoms. The van der Waals surface area contributed by atoms with Crippen molar-refractivity contribution in [2.75, 3.05) is 13.1 Å². The van der Waals surface area contributed by atoms with Crippen LogP contribution >= 0.6 is 0 Å². The van der Waals surface area contributed by atoms with E-state index in [1.165, 1.54) is 0 Å². The highest BCUT2D eigenvalue weighted by Crippen LogP contribution is 2.20. The highest BCUT2D eigenvalue weighted by atomic mass is 16.5. The molecule has 2 atom stereocenters. The van der Waals surface area contributed by atoms with Gasteiger partial charge in [-0.25, -0.2) is 5.48 Å². The Morgan fingerprint density at radius 2 is 1.72 bits per heavy atom. The molecule has 0 unspecified atom stereocenters. The van der Waals surface area contributed by atoms with Crippen LogP contribution in [0.1, 0.15) is 50.0 Å². The second-order valence-corrected chi connectivity index (χ2v) is 7.43. The van der Waals surface area contributed by atoms with Gasteiger partial charge in [0, 0.05) is 43.7 Å². The fourth-order valence-corrected chi connectivity index (χ4v) is 3.59. The normalized spacial score (nSPS) is 21.4. The van der Waals surface area contributed by atoms with Crippen LogP contribution < -0.4 is 5.48 Å². The Bertz CT molecular complexity index is 588. The van der Waals surface area contributed by atoms with Crippen molar-refractivity contribution >= 4 is 11.8 Å². The van der Waals surface area contributed by atoms with E-state index in [-0.39, 0.29) is 18.0 Å². The number of nitrogens with zero attached hydrogens (tertiary/aromatic N) is 2. The maximum Gasteiger partial charge on any atom is 0.274 e. The van der Waals surface area contributed by atoms with E-state index in [0.717, 1.165) is 25.2 Å². The molecule has 0 aliphatic carbocycles. The Kier molecular flexibility index (Phi) is 6.56. The molecule has 0 bridgehead atoms. The van der Waals surface area contributed by atoms with E-state index < -0.39 is 5.91 Å². The summed E-state index contributed by atoms with van der Waals surface area (Å²) in [4.78, 5) is 28.2. The lowest BCUT2D eigenvalue weighted by atomic mass is 10.0. The summed E-state index contributed by atoms with van der Waals surface area (Å²) in [5.74, 6) is 0.111. The number of piperazine rings is 1. The Balaban J connectivity index is 1.97. The first kappa shape index (κ1) is 19.4. The van der Waals surface area contributed by atoms with Gasteiger partial charge < -0.3 is 4.90 Å². The van der Waals surface area contributed by atoms with Crippen LogP contribution in [0.2, 0.25) is 0 Å². The SMILES string of the molecule is CC(C)CC(=O)N1[C@H](C)CN(Cc2ccc(C(=O)NO)cc2)C[C@@H]1C. The third kappa shape index (κ3) is 5.03. The number of carbonyl (C=O) groups is 2. The zero-order valence-corrected chi connectivity index (χ0v) is 15.5. The minimum Gasteiger partial charge on any atom is -0.335 e. The van der Waals surface area contributed by atoms with Crippen molar-refractivity contribution in [3.8, 4) is 0 Å². The Labute approximate surface area is 149 Å². The molecule has 2 N–H and O–H groups in total. The van der Waals surface area contributed by atoms with Crippen LogP contribution in [-0.2, 0) is 11.3 Å². The lowest BCUT2D eigenvalue weighted by Crippen LogP contribution is -2.58. The molecule has 1 aromatic carbocycles. The summed E-state index contributed by atoms with van der Waals surface area (Å²) in [6.45, 7) is 10.8. The topological polar surface area (TPSA) is 72.9 Å². The van der Waals surface area contributed by atoms with Crippen molar-refractivity contribution in [1.82, 2.24) is 15.3 Å². The number of hydrogen-bond acceptors (Lipinski definition) is 4. The van der Waals surface area contributed by atoms with Gasteiger partial charge in [0.1, 0.15) is 0 Å². The van der Waals surface area contributed by atoms with Gasteiger partial charge in [-0.15, -0.1) is 0 Å². The van der Waals surface area contributed by atoms with Crippen LogP contribution in [0.5, 0.6) is 0 Å². The second-order valence-electron chi connectivity index (χ2n) is 7.43. The molecule has 0 aromatic heterocycles. The summed E-state index contributed by atoms with van der Waals surface area (Å²) in [6.07, 6.45) is 0.600. The highest BCUT2D eigenvalue weighted by Gasteiger charge is 2.32. The van der Waals surface area contributed by atoms with Crippen molar-refractivity contribution in [2.24, 2.45) is 5.92 Å². The molecule has 1 aliphatic heterocycles. The number of hydrogen-bond donors (Lipinski definition) is 2. The van der Waals surface area contributed by atoms with Crippen molar-refractivity contribution in [2.45, 2.75) is 52.7 Å². The molecule has 1 aliphatic rings. The van der Waals surface area contributed by atoms with Gasteiger partial charge in [0.15, 0.2) is 0 Å². The average molecular weight is 347 g/mol. The maximum atomic E-state index is 12.5. The van der Waals surface area contributed by atoms with Gasteiger partial charge in [0.2, 0.25) is 5.91 Å². The molecule has 0 saturated carbocycles. The summed E-state index contributed by atoms with van der Waals surface area (Å²) < 4.78 is 0. The Morgan fingerprint density at radius 1 is 1.16 bits per heavy atom. The van der Waals surface area contributed by atoms with Gasteiger partial charge >= 0.3 is 0 Å². The average Bonchev–Trinajstić information content (AvgIpc) is 2.53. The van der Waals surface area contributed by atoms with E-state index in [4.69, 9.17) is 5.21 Å². The van der Waals surface area contributed by atoms with E-state index in [0.29, 0.717) is 17.9 Å². The quantitative estimate of drug-likeness (QED) is 0.633. The molecule has 2 amide bonds. The minimum absolute atomic E-state index is 0.189. The summed E-state index contributed by atoms with van der Waals surface area (Å²) in [5.41, 5.74) is 3.17. The Hall–Kier alpha value is -1.92. The van der Waals surface area contributed by atoms with Crippen molar-refractivity contribution in [1.29, 1.82) is 0 Å². The van der Waals surface area contributed by atoms with Gasteiger partial charge in [0.05, 0.1) is 0 Å². The van der Waals surface area contributed by atoms with Crippen LogP contribution in [-0.4, -0.2) is 52.0 Å². The maximum absolute atomic E-state index is 12.5. The van der Waals surface area contributed by atoms with E-state index >= 15 is 0 Å². The van der Waals surface area contributed by atoms with Crippen molar-refractivity contribution in [3.63, 3.8) is 0 Å². The van der Waals surface area contributed by atoms with E-state index in [1.807, 2.05) is 17.0 Å². The largest absolute Gasteiger partial charge is 0.335 e. The molecule has 6 nitrogen and oxygen atoms in total. The number of hydroxylamine groups is 1. The fraction of sp³-hybridized carbons (Fsp3) is 0.579. The number of benzene rings is 1. The predicted octanol–water partition coefficient (Wildman–Crippen LogP) is 2.27. The van der Waals surface area contributed by atoms with E-state index in [1.54, 1.807) is 17.6 Å². The number of rotatable bonds is 5. The molecule has 1 heterocycles. The van der Waals surface area contributed by atoms with Gasteiger partial charge in [-0.3, -0.25) is 19.7 Å². The van der Waals surface area contributed by atoms with Gasteiger partial charge in [-0.2, -0.15) is 0 Å². The summed E-state index contributed by atoms with van der Waals surface area (Å²) >= 11 is 0. The van der Waals surface area contributed by atoms with Crippen molar-refractivity contribution in [3.05, 3.63) is 35.4 Å². The Morgan fingerprint density at radius 3 is 2.20 bits per heavy atom. The predicted molar refractivity (Wildman–Crippen MR) is 96.2 cm³/mol. The molecule has 0 spiro atoms. The molecule has 2 rings (SSSR count). The standard InChI is InChI=1S/C19H29N3O3/c1-13(2)9-18(23)22-14(3)10-21(11-15(22)4)12-16-5-7-17(8-6-16)19(24)20-25/h5-8,13-15,25H,9-12H2,1-4H3,(H,20,24)/t14-,15+. The molecular formula is C19H29N3O3. The highest BCUT2D eigenvalue weighted by molar-refractivity contribution is 5.93. The first-order chi connectivity index (χ1) is 11.8. The molecule has 1 saturated heterocycles. The molecule has 1 fully saturated rings. The molecular weight excluding hydrogens is 318 g/mol. The summed E-state index contributed by atoms with van der Waals surface area (Å²) in [6, 6.07) is 7.59. The van der Waals surface area contributed by atoms with E-state index in [9.17, 15) is 9.59 Å². The lowest BCUT2D eigenvalue weighted by Gasteiger charge is -2.45. The van der Waals surface area contributed by atoms with Gasteiger partial charge in [-0.05, 0) is 37.5 Å². The second kappa shape index (κ2) is 8.45. The van der Waals surface area contributed by atoms with Crippen LogP contribution in [0.25, 0.3) is 0 Å². The zero-order chi connectivity index (χ0) is 18.6.